The van der Waals surface area contributed by atoms with E-state index in [2.05, 4.69) is 24.9 Å². The number of rotatable bonds is 2. The van der Waals surface area contributed by atoms with Gasteiger partial charge in [-0.2, -0.15) is 0 Å². The Morgan fingerprint density at radius 2 is 2.21 bits per heavy atom. The zero-order valence-corrected chi connectivity index (χ0v) is 11.3. The second-order valence-corrected chi connectivity index (χ2v) is 5.36. The number of carboxylic acids is 1. The first-order chi connectivity index (χ1) is 9.08. The minimum absolute atomic E-state index is 0.0448. The minimum atomic E-state index is -0.783. The molecule has 100 valence electrons. The average Bonchev–Trinajstić information content (AvgIpc) is 2.64. The minimum Gasteiger partial charge on any atom is -0.480 e. The number of carbonyl (C=O) groups is 1. The van der Waals surface area contributed by atoms with Gasteiger partial charge in [0, 0.05) is 29.7 Å². The molecule has 2 aromatic rings. The van der Waals surface area contributed by atoms with Crippen LogP contribution in [0.25, 0.3) is 10.9 Å². The smallest absolute Gasteiger partial charge is 0.323 e. The Morgan fingerprint density at radius 1 is 1.42 bits per heavy atom. The van der Waals surface area contributed by atoms with E-state index in [1.54, 1.807) is 0 Å². The third kappa shape index (κ3) is 1.92. The Bertz CT molecular complexity index is 658. The van der Waals surface area contributed by atoms with Gasteiger partial charge in [-0.1, -0.05) is 12.1 Å². The highest BCUT2D eigenvalue weighted by molar-refractivity contribution is 5.90. The predicted octanol–water partition coefficient (Wildman–Crippen LogP) is 2.02. The van der Waals surface area contributed by atoms with E-state index in [-0.39, 0.29) is 6.54 Å². The summed E-state index contributed by atoms with van der Waals surface area (Å²) in [4.78, 5) is 13.4. The highest BCUT2D eigenvalue weighted by Crippen LogP contribution is 2.32. The van der Waals surface area contributed by atoms with Gasteiger partial charge in [0.1, 0.15) is 6.54 Å². The van der Waals surface area contributed by atoms with Crippen molar-refractivity contribution in [2.75, 3.05) is 13.6 Å². The summed E-state index contributed by atoms with van der Waals surface area (Å²) in [5.41, 5.74) is 4.80. The number of hydrogen-bond acceptors (Lipinski definition) is 2. The Hall–Kier alpha value is -1.81. The quantitative estimate of drug-likeness (QED) is 0.896. The Morgan fingerprint density at radius 3 is 2.95 bits per heavy atom. The summed E-state index contributed by atoms with van der Waals surface area (Å²) in [6.07, 6.45) is 1.000. The van der Waals surface area contributed by atoms with Crippen molar-refractivity contribution in [3.05, 3.63) is 35.0 Å². The lowest BCUT2D eigenvalue weighted by Gasteiger charge is -2.24. The molecule has 0 saturated carbocycles. The summed E-state index contributed by atoms with van der Waals surface area (Å²) >= 11 is 0. The molecular weight excluding hydrogens is 240 g/mol. The van der Waals surface area contributed by atoms with E-state index in [0.29, 0.717) is 0 Å². The maximum atomic E-state index is 11.1. The molecule has 0 saturated heterocycles. The molecule has 0 fully saturated rings. The van der Waals surface area contributed by atoms with Gasteiger partial charge in [0.25, 0.3) is 0 Å². The number of aryl methyl sites for hydroxylation is 1. The lowest BCUT2D eigenvalue weighted by molar-refractivity contribution is -0.137. The second-order valence-electron chi connectivity index (χ2n) is 5.36. The molecule has 3 rings (SSSR count). The summed E-state index contributed by atoms with van der Waals surface area (Å²) < 4.78 is 1.97. The molecule has 0 spiro atoms. The normalized spacial score (nSPS) is 15.7. The molecule has 0 atom stereocenters. The molecular formula is C15H18N2O2. The van der Waals surface area contributed by atoms with Crippen molar-refractivity contribution < 1.29 is 9.90 Å². The van der Waals surface area contributed by atoms with Crippen molar-refractivity contribution in [2.24, 2.45) is 0 Å². The fourth-order valence-corrected chi connectivity index (χ4v) is 3.13. The van der Waals surface area contributed by atoms with Crippen molar-refractivity contribution >= 4 is 16.9 Å². The highest BCUT2D eigenvalue weighted by atomic mass is 16.4. The van der Waals surface area contributed by atoms with Gasteiger partial charge in [0.2, 0.25) is 0 Å². The molecule has 0 aliphatic carbocycles. The van der Waals surface area contributed by atoms with Gasteiger partial charge in [0.05, 0.1) is 0 Å². The van der Waals surface area contributed by atoms with Crippen LogP contribution in [0.15, 0.2) is 18.2 Å². The van der Waals surface area contributed by atoms with Gasteiger partial charge < -0.3 is 14.6 Å². The lowest BCUT2D eigenvalue weighted by Crippen LogP contribution is -2.28. The predicted molar refractivity (Wildman–Crippen MR) is 74.3 cm³/mol. The molecule has 0 radical (unpaired) electrons. The number of benzene rings is 1. The van der Waals surface area contributed by atoms with Crippen LogP contribution in [0.3, 0.4) is 0 Å². The lowest BCUT2D eigenvalue weighted by atomic mass is 10.0. The summed E-state index contributed by atoms with van der Waals surface area (Å²) in [5.74, 6) is -0.783. The maximum absolute atomic E-state index is 11.1. The number of hydrogen-bond donors (Lipinski definition) is 1. The first-order valence-electron chi connectivity index (χ1n) is 6.58. The van der Waals surface area contributed by atoms with E-state index in [0.717, 1.165) is 25.0 Å². The molecule has 0 amide bonds. The third-order valence-electron chi connectivity index (χ3n) is 3.97. The van der Waals surface area contributed by atoms with Crippen LogP contribution in [0.5, 0.6) is 0 Å². The first kappa shape index (κ1) is 12.2. The number of aromatic nitrogens is 1. The molecule has 4 nitrogen and oxygen atoms in total. The van der Waals surface area contributed by atoms with Crippen molar-refractivity contribution in [3.63, 3.8) is 0 Å². The largest absolute Gasteiger partial charge is 0.480 e. The molecule has 1 aromatic carbocycles. The fourth-order valence-electron chi connectivity index (χ4n) is 3.13. The van der Waals surface area contributed by atoms with Crippen LogP contribution in [-0.2, 0) is 24.3 Å². The fraction of sp³-hybridized carbons (Fsp3) is 0.400. The van der Waals surface area contributed by atoms with Gasteiger partial charge in [0.15, 0.2) is 0 Å². The highest BCUT2D eigenvalue weighted by Gasteiger charge is 2.23. The van der Waals surface area contributed by atoms with Crippen LogP contribution in [0.2, 0.25) is 0 Å². The molecule has 0 unspecified atom stereocenters. The zero-order valence-electron chi connectivity index (χ0n) is 11.3. The maximum Gasteiger partial charge on any atom is 0.323 e. The molecule has 1 aliphatic heterocycles. The monoisotopic (exact) mass is 258 g/mol. The first-order valence-corrected chi connectivity index (χ1v) is 6.58. The van der Waals surface area contributed by atoms with Crippen LogP contribution in [0.4, 0.5) is 0 Å². The van der Waals surface area contributed by atoms with Gasteiger partial charge in [-0.15, -0.1) is 0 Å². The van der Waals surface area contributed by atoms with Crippen molar-refractivity contribution in [1.29, 1.82) is 0 Å². The summed E-state index contributed by atoms with van der Waals surface area (Å²) in [7, 11) is 2.08. The Balaban J connectivity index is 2.30. The van der Waals surface area contributed by atoms with Crippen molar-refractivity contribution in [1.82, 2.24) is 9.47 Å². The summed E-state index contributed by atoms with van der Waals surface area (Å²) in [6.45, 7) is 4.01. The molecule has 1 N–H and O–H groups in total. The van der Waals surface area contributed by atoms with Crippen LogP contribution in [0.1, 0.15) is 16.8 Å². The topological polar surface area (TPSA) is 45.5 Å². The van der Waals surface area contributed by atoms with Crippen molar-refractivity contribution in [2.45, 2.75) is 26.4 Å². The van der Waals surface area contributed by atoms with Crippen LogP contribution in [0, 0.1) is 6.92 Å². The van der Waals surface area contributed by atoms with Crippen LogP contribution >= 0.6 is 0 Å². The molecule has 19 heavy (non-hydrogen) atoms. The van der Waals surface area contributed by atoms with Crippen molar-refractivity contribution in [3.8, 4) is 0 Å². The number of carboxylic acid groups (broad SMARTS) is 1. The van der Waals surface area contributed by atoms with Crippen LogP contribution < -0.4 is 0 Å². The number of likely N-dealkylation sites (N-methyl/N-ethyl adjacent to an activating group) is 1. The van der Waals surface area contributed by atoms with E-state index >= 15 is 0 Å². The van der Waals surface area contributed by atoms with E-state index in [9.17, 15) is 4.79 Å². The van der Waals surface area contributed by atoms with Gasteiger partial charge in [-0.25, -0.2) is 0 Å². The second kappa shape index (κ2) is 4.38. The Labute approximate surface area is 112 Å². The van der Waals surface area contributed by atoms with E-state index in [4.69, 9.17) is 5.11 Å². The van der Waals surface area contributed by atoms with Gasteiger partial charge in [-0.05, 0) is 37.6 Å². The third-order valence-corrected chi connectivity index (χ3v) is 3.97. The number of aliphatic carboxylic acids is 1. The van der Waals surface area contributed by atoms with E-state index in [1.165, 1.54) is 22.2 Å². The van der Waals surface area contributed by atoms with Gasteiger partial charge >= 0.3 is 5.97 Å². The molecule has 4 heteroatoms. The Kier molecular flexibility index (Phi) is 2.82. The standard InChI is InChI=1S/C15H18N2O2/c1-10-4-3-5-12-15(10)11-6-7-16(2)8-13(11)17(12)9-14(18)19/h3-5H,6-9H2,1-2H3,(H,18,19). The molecule has 1 aromatic heterocycles. The zero-order chi connectivity index (χ0) is 13.6. The van der Waals surface area contributed by atoms with Gasteiger partial charge in [-0.3, -0.25) is 4.79 Å². The summed E-state index contributed by atoms with van der Waals surface area (Å²) in [6, 6.07) is 6.14. The number of fused-ring (bicyclic) bond motifs is 3. The van der Waals surface area contributed by atoms with E-state index < -0.39 is 5.97 Å². The molecule has 0 bridgehead atoms. The molecule has 1 aliphatic rings. The number of nitrogens with zero attached hydrogens (tertiary/aromatic N) is 2. The molecule has 2 heterocycles. The van der Waals surface area contributed by atoms with Crippen LogP contribution in [-0.4, -0.2) is 34.1 Å². The SMILES string of the molecule is Cc1cccc2c1c1c(n2CC(=O)O)CN(C)CC1. The average molecular weight is 258 g/mol. The summed E-state index contributed by atoms with van der Waals surface area (Å²) in [5, 5.41) is 10.4. The van der Waals surface area contributed by atoms with E-state index in [1.807, 2.05) is 16.7 Å².